The average Bonchev–Trinajstić information content (AvgIpc) is 2.78. The minimum atomic E-state index is 0.624. The highest BCUT2D eigenvalue weighted by Gasteiger charge is 2.22. The molecule has 1 aliphatic rings. The fraction of sp³-hybridized carbons (Fsp3) is 0.600. The summed E-state index contributed by atoms with van der Waals surface area (Å²) in [6.07, 6.45) is 2.56. The summed E-state index contributed by atoms with van der Waals surface area (Å²) in [5, 5.41) is 3.55. The zero-order valence-corrected chi connectivity index (χ0v) is 11.1. The number of benzene rings is 1. The van der Waals surface area contributed by atoms with Crippen molar-refractivity contribution in [3.05, 3.63) is 35.4 Å². The van der Waals surface area contributed by atoms with Crippen LogP contribution < -0.4 is 5.32 Å². The number of unbranched alkanes of at least 4 members (excludes halogenated alkanes) is 1. The van der Waals surface area contributed by atoms with E-state index >= 15 is 0 Å². The van der Waals surface area contributed by atoms with Gasteiger partial charge in [0.15, 0.2) is 0 Å². The van der Waals surface area contributed by atoms with Crippen LogP contribution in [0.25, 0.3) is 0 Å². The van der Waals surface area contributed by atoms with Gasteiger partial charge in [0, 0.05) is 25.7 Å². The quantitative estimate of drug-likeness (QED) is 0.759. The lowest BCUT2D eigenvalue weighted by atomic mass is 10.1. The molecule has 1 unspecified atom stereocenters. The largest absolute Gasteiger partial charge is 0.315 e. The van der Waals surface area contributed by atoms with E-state index in [1.807, 2.05) is 0 Å². The van der Waals surface area contributed by atoms with E-state index in [0.29, 0.717) is 6.04 Å². The molecule has 94 valence electrons. The van der Waals surface area contributed by atoms with Crippen LogP contribution in [0.4, 0.5) is 0 Å². The fourth-order valence-electron chi connectivity index (χ4n) is 2.41. The van der Waals surface area contributed by atoms with Gasteiger partial charge >= 0.3 is 0 Å². The summed E-state index contributed by atoms with van der Waals surface area (Å²) in [5.74, 6) is 0. The average molecular weight is 232 g/mol. The smallest absolute Gasteiger partial charge is 0.0243 e. The Morgan fingerprint density at radius 1 is 1.24 bits per heavy atom. The van der Waals surface area contributed by atoms with Crippen LogP contribution in [0.2, 0.25) is 0 Å². The van der Waals surface area contributed by atoms with Gasteiger partial charge in [-0.05, 0) is 31.0 Å². The molecular weight excluding hydrogens is 208 g/mol. The summed E-state index contributed by atoms with van der Waals surface area (Å²) >= 11 is 0. The molecule has 0 aromatic heterocycles. The third-order valence-electron chi connectivity index (χ3n) is 3.64. The molecule has 1 N–H and O–H groups in total. The molecule has 1 aliphatic heterocycles. The van der Waals surface area contributed by atoms with E-state index in [9.17, 15) is 0 Å². The monoisotopic (exact) mass is 232 g/mol. The Morgan fingerprint density at radius 3 is 2.47 bits per heavy atom. The van der Waals surface area contributed by atoms with Crippen LogP contribution >= 0.6 is 0 Å². The van der Waals surface area contributed by atoms with Gasteiger partial charge in [-0.3, -0.25) is 4.90 Å². The summed E-state index contributed by atoms with van der Waals surface area (Å²) < 4.78 is 0. The van der Waals surface area contributed by atoms with Gasteiger partial charge in [-0.25, -0.2) is 0 Å². The van der Waals surface area contributed by atoms with Crippen molar-refractivity contribution in [1.29, 1.82) is 0 Å². The number of rotatable bonds is 6. The van der Waals surface area contributed by atoms with Crippen LogP contribution in [-0.4, -0.2) is 24.0 Å². The normalized spacial score (nSPS) is 17.1. The van der Waals surface area contributed by atoms with Crippen molar-refractivity contribution < 1.29 is 0 Å². The van der Waals surface area contributed by atoms with E-state index in [1.54, 1.807) is 0 Å². The van der Waals surface area contributed by atoms with Crippen LogP contribution in [0.3, 0.4) is 0 Å². The molecule has 2 heteroatoms. The van der Waals surface area contributed by atoms with E-state index in [2.05, 4.69) is 48.3 Å². The van der Waals surface area contributed by atoms with Gasteiger partial charge in [0.25, 0.3) is 0 Å². The van der Waals surface area contributed by atoms with Crippen molar-refractivity contribution in [1.82, 2.24) is 10.2 Å². The Kier molecular flexibility index (Phi) is 4.57. The molecule has 0 saturated carbocycles. The first-order valence-electron chi connectivity index (χ1n) is 6.82. The fourth-order valence-corrected chi connectivity index (χ4v) is 2.41. The second kappa shape index (κ2) is 6.18. The summed E-state index contributed by atoms with van der Waals surface area (Å²) in [6, 6.07) is 9.43. The summed E-state index contributed by atoms with van der Waals surface area (Å²) in [5.41, 5.74) is 3.01. The standard InChI is InChI=1S/C15H24N2/c1-3-4-9-16-10-13(2)17-11-14-7-5-6-8-15(14)12-17/h5-8,13,16H,3-4,9-12H2,1-2H3. The highest BCUT2D eigenvalue weighted by atomic mass is 15.2. The van der Waals surface area contributed by atoms with Gasteiger partial charge < -0.3 is 5.32 Å². The van der Waals surface area contributed by atoms with Crippen molar-refractivity contribution in [2.75, 3.05) is 13.1 Å². The first-order chi connectivity index (χ1) is 8.31. The Labute approximate surface area is 105 Å². The van der Waals surface area contributed by atoms with Crippen LogP contribution in [0.1, 0.15) is 37.8 Å². The van der Waals surface area contributed by atoms with Crippen molar-refractivity contribution in [2.24, 2.45) is 0 Å². The van der Waals surface area contributed by atoms with Gasteiger partial charge in [-0.2, -0.15) is 0 Å². The molecule has 2 rings (SSSR count). The molecular formula is C15H24N2. The Balaban J connectivity index is 1.78. The highest BCUT2D eigenvalue weighted by molar-refractivity contribution is 5.30. The van der Waals surface area contributed by atoms with E-state index in [-0.39, 0.29) is 0 Å². The molecule has 0 radical (unpaired) electrons. The SMILES string of the molecule is CCCCNCC(C)N1Cc2ccccc2C1. The summed E-state index contributed by atoms with van der Waals surface area (Å²) in [6.45, 7) is 9.06. The molecule has 0 aliphatic carbocycles. The van der Waals surface area contributed by atoms with Crippen LogP contribution in [0, 0.1) is 0 Å². The highest BCUT2D eigenvalue weighted by Crippen LogP contribution is 2.23. The number of hydrogen-bond donors (Lipinski definition) is 1. The van der Waals surface area contributed by atoms with Gasteiger partial charge in [0.05, 0.1) is 0 Å². The van der Waals surface area contributed by atoms with Crippen LogP contribution in [0.5, 0.6) is 0 Å². The van der Waals surface area contributed by atoms with Crippen molar-refractivity contribution in [2.45, 2.75) is 45.8 Å². The third kappa shape index (κ3) is 3.30. The predicted octanol–water partition coefficient (Wildman–Crippen LogP) is 2.78. The van der Waals surface area contributed by atoms with Gasteiger partial charge in [0.1, 0.15) is 0 Å². The Morgan fingerprint density at radius 2 is 1.88 bits per heavy atom. The Hall–Kier alpha value is -0.860. The molecule has 1 aromatic rings. The van der Waals surface area contributed by atoms with Crippen molar-refractivity contribution in [3.8, 4) is 0 Å². The first-order valence-corrected chi connectivity index (χ1v) is 6.82. The van der Waals surface area contributed by atoms with E-state index in [4.69, 9.17) is 0 Å². The maximum absolute atomic E-state index is 3.55. The minimum Gasteiger partial charge on any atom is -0.315 e. The number of nitrogens with zero attached hydrogens (tertiary/aromatic N) is 1. The molecule has 1 heterocycles. The molecule has 0 fully saturated rings. The van der Waals surface area contributed by atoms with Crippen molar-refractivity contribution >= 4 is 0 Å². The van der Waals surface area contributed by atoms with E-state index in [0.717, 1.165) is 26.2 Å². The molecule has 1 atom stereocenters. The van der Waals surface area contributed by atoms with E-state index in [1.165, 1.54) is 24.0 Å². The summed E-state index contributed by atoms with van der Waals surface area (Å²) in [4.78, 5) is 2.56. The lowest BCUT2D eigenvalue weighted by molar-refractivity contribution is 0.208. The molecule has 0 spiro atoms. The Bertz CT molecular complexity index is 324. The predicted molar refractivity (Wildman–Crippen MR) is 72.9 cm³/mol. The zero-order chi connectivity index (χ0) is 12.1. The number of fused-ring (bicyclic) bond motifs is 1. The lowest BCUT2D eigenvalue weighted by Gasteiger charge is -2.24. The molecule has 17 heavy (non-hydrogen) atoms. The second-order valence-corrected chi connectivity index (χ2v) is 5.08. The molecule has 0 saturated heterocycles. The first kappa shape index (κ1) is 12.6. The van der Waals surface area contributed by atoms with E-state index < -0.39 is 0 Å². The minimum absolute atomic E-state index is 0.624. The number of hydrogen-bond acceptors (Lipinski definition) is 2. The zero-order valence-electron chi connectivity index (χ0n) is 11.1. The molecule has 1 aromatic carbocycles. The second-order valence-electron chi connectivity index (χ2n) is 5.08. The maximum atomic E-state index is 3.55. The number of nitrogens with one attached hydrogen (secondary N) is 1. The summed E-state index contributed by atoms with van der Waals surface area (Å²) in [7, 11) is 0. The van der Waals surface area contributed by atoms with Crippen molar-refractivity contribution in [3.63, 3.8) is 0 Å². The maximum Gasteiger partial charge on any atom is 0.0243 e. The topological polar surface area (TPSA) is 15.3 Å². The van der Waals surface area contributed by atoms with Crippen LogP contribution in [-0.2, 0) is 13.1 Å². The molecule has 0 bridgehead atoms. The molecule has 0 amide bonds. The van der Waals surface area contributed by atoms with Crippen LogP contribution in [0.15, 0.2) is 24.3 Å². The van der Waals surface area contributed by atoms with Gasteiger partial charge in [0.2, 0.25) is 0 Å². The van der Waals surface area contributed by atoms with Gasteiger partial charge in [-0.15, -0.1) is 0 Å². The van der Waals surface area contributed by atoms with Gasteiger partial charge in [-0.1, -0.05) is 37.6 Å². The lowest BCUT2D eigenvalue weighted by Crippen LogP contribution is -2.37. The third-order valence-corrected chi connectivity index (χ3v) is 3.64. The molecule has 2 nitrogen and oxygen atoms in total.